The smallest absolute Gasteiger partial charge is 0.312 e. The summed E-state index contributed by atoms with van der Waals surface area (Å²) in [6.45, 7) is 6.79. The molecule has 2 fully saturated rings. The highest BCUT2D eigenvalue weighted by Crippen LogP contribution is 2.66. The molecule has 0 N–H and O–H groups in total. The highest BCUT2D eigenvalue weighted by atomic mass is 35.5. The molecule has 0 aromatic heterocycles. The van der Waals surface area contributed by atoms with Gasteiger partial charge in [0, 0.05) is 10.4 Å². The van der Waals surface area contributed by atoms with Crippen LogP contribution in [0.1, 0.15) is 49.5 Å². The molecular formula is C24H23Cl2NO2. The number of carbonyl (C=O) groups is 1. The normalized spacial score (nSPS) is 27.6. The summed E-state index contributed by atoms with van der Waals surface area (Å²) in [7, 11) is 0. The van der Waals surface area contributed by atoms with Gasteiger partial charge in [0.25, 0.3) is 0 Å². The van der Waals surface area contributed by atoms with Crippen LogP contribution in [0.2, 0.25) is 10.0 Å². The van der Waals surface area contributed by atoms with Crippen LogP contribution in [0.3, 0.4) is 0 Å². The molecule has 0 amide bonds. The summed E-state index contributed by atoms with van der Waals surface area (Å²) in [6.07, 6.45) is 4.31. The average molecular weight is 428 g/mol. The maximum absolute atomic E-state index is 12.6. The van der Waals surface area contributed by atoms with Crippen molar-refractivity contribution in [2.75, 3.05) is 0 Å². The Bertz CT molecular complexity index is 1030. The van der Waals surface area contributed by atoms with Crippen LogP contribution in [0, 0.1) is 16.7 Å². The predicted octanol–water partition coefficient (Wildman–Crippen LogP) is 7.05. The molecule has 4 rings (SSSR count). The summed E-state index contributed by atoms with van der Waals surface area (Å²) in [5.74, 6) is -0.202. The van der Waals surface area contributed by atoms with Gasteiger partial charge in [0.05, 0.1) is 16.3 Å². The van der Waals surface area contributed by atoms with Crippen molar-refractivity contribution in [3.63, 3.8) is 0 Å². The van der Waals surface area contributed by atoms with Gasteiger partial charge in [-0.15, -0.1) is 0 Å². The number of fused-ring (bicyclic) bond motifs is 2. The molecule has 2 bridgehead atoms. The van der Waals surface area contributed by atoms with Crippen molar-refractivity contribution in [3.05, 3.63) is 75.3 Å². The summed E-state index contributed by atoms with van der Waals surface area (Å²) < 4.78 is 0. The predicted molar refractivity (Wildman–Crippen MR) is 118 cm³/mol. The summed E-state index contributed by atoms with van der Waals surface area (Å²) >= 11 is 12.1. The van der Waals surface area contributed by atoms with Crippen LogP contribution < -0.4 is 0 Å². The molecule has 2 unspecified atom stereocenters. The Morgan fingerprint density at radius 2 is 1.86 bits per heavy atom. The van der Waals surface area contributed by atoms with Crippen molar-refractivity contribution in [2.24, 2.45) is 21.9 Å². The summed E-state index contributed by atoms with van der Waals surface area (Å²) in [5, 5.41) is 5.12. The molecule has 0 heterocycles. The van der Waals surface area contributed by atoms with Gasteiger partial charge in [0.1, 0.15) is 0 Å². The first-order valence-electron chi connectivity index (χ1n) is 9.76. The molecule has 29 heavy (non-hydrogen) atoms. The lowest BCUT2D eigenvalue weighted by Gasteiger charge is -2.33. The Hall–Kier alpha value is -2.10. The van der Waals surface area contributed by atoms with Crippen LogP contribution in [0.15, 0.2) is 59.3 Å². The van der Waals surface area contributed by atoms with E-state index in [9.17, 15) is 4.79 Å². The number of allylic oxidation sites excluding steroid dienone is 1. The van der Waals surface area contributed by atoms with Crippen LogP contribution in [-0.4, -0.2) is 11.7 Å². The average Bonchev–Trinajstić information content (AvgIpc) is 2.99. The largest absolute Gasteiger partial charge is 0.367 e. The highest BCUT2D eigenvalue weighted by molar-refractivity contribution is 6.36. The quantitative estimate of drug-likeness (QED) is 0.388. The van der Waals surface area contributed by atoms with Crippen molar-refractivity contribution in [1.82, 2.24) is 0 Å². The molecule has 150 valence electrons. The third kappa shape index (κ3) is 3.31. The SMILES string of the molecule is CC12CCC(C(=C\c3ccccc3)/C1=N/OC(=O)c1ccc(Cl)cc1Cl)C2(C)C. The minimum atomic E-state index is -0.581. The zero-order valence-corrected chi connectivity index (χ0v) is 18.2. The zero-order valence-electron chi connectivity index (χ0n) is 16.7. The van der Waals surface area contributed by atoms with Gasteiger partial charge in [-0.25, -0.2) is 4.79 Å². The van der Waals surface area contributed by atoms with Crippen molar-refractivity contribution in [3.8, 4) is 0 Å². The van der Waals surface area contributed by atoms with E-state index >= 15 is 0 Å². The second-order valence-electron chi connectivity index (χ2n) is 8.60. The Morgan fingerprint density at radius 1 is 1.14 bits per heavy atom. The van der Waals surface area contributed by atoms with E-state index < -0.39 is 5.97 Å². The van der Waals surface area contributed by atoms with Crippen LogP contribution in [-0.2, 0) is 4.84 Å². The zero-order chi connectivity index (χ0) is 20.8. The topological polar surface area (TPSA) is 38.7 Å². The molecule has 3 nitrogen and oxygen atoms in total. The Balaban J connectivity index is 1.71. The lowest BCUT2D eigenvalue weighted by molar-refractivity contribution is 0.0509. The van der Waals surface area contributed by atoms with Crippen molar-refractivity contribution >= 4 is 41.0 Å². The van der Waals surface area contributed by atoms with Gasteiger partial charge in [-0.1, -0.05) is 79.5 Å². The van der Waals surface area contributed by atoms with Crippen LogP contribution in [0.25, 0.3) is 6.08 Å². The van der Waals surface area contributed by atoms with Gasteiger partial charge in [-0.2, -0.15) is 0 Å². The lowest BCUT2D eigenvalue weighted by atomic mass is 9.70. The Morgan fingerprint density at radius 3 is 2.55 bits per heavy atom. The number of halogens is 2. The van der Waals surface area contributed by atoms with E-state index in [1.165, 1.54) is 6.07 Å². The second kappa shape index (κ2) is 7.30. The van der Waals surface area contributed by atoms with E-state index in [0.29, 0.717) is 10.9 Å². The molecule has 2 aromatic carbocycles. The van der Waals surface area contributed by atoms with Crippen LogP contribution in [0.4, 0.5) is 0 Å². The molecule has 0 aliphatic heterocycles. The molecule has 2 atom stereocenters. The number of benzene rings is 2. The van der Waals surface area contributed by atoms with Crippen molar-refractivity contribution in [1.29, 1.82) is 0 Å². The number of hydrogen-bond acceptors (Lipinski definition) is 3. The Kier molecular flexibility index (Phi) is 5.08. The van der Waals surface area contributed by atoms with E-state index in [0.717, 1.165) is 29.7 Å². The molecule has 2 saturated carbocycles. The highest BCUT2D eigenvalue weighted by Gasteiger charge is 2.62. The molecule has 5 heteroatoms. The molecule has 0 spiro atoms. The first kappa shape index (κ1) is 20.2. The fourth-order valence-electron chi connectivity index (χ4n) is 4.79. The van der Waals surface area contributed by atoms with E-state index in [-0.39, 0.29) is 21.4 Å². The summed E-state index contributed by atoms with van der Waals surface area (Å²) in [5.41, 5.74) is 3.28. The molecule has 2 aliphatic rings. The van der Waals surface area contributed by atoms with Gasteiger partial charge in [-0.05, 0) is 59.6 Å². The maximum Gasteiger partial charge on any atom is 0.367 e. The summed E-state index contributed by atoms with van der Waals surface area (Å²) in [4.78, 5) is 18.0. The second-order valence-corrected chi connectivity index (χ2v) is 9.44. The van der Waals surface area contributed by atoms with Gasteiger partial charge < -0.3 is 4.84 Å². The maximum atomic E-state index is 12.6. The first-order chi connectivity index (χ1) is 13.7. The number of oxime groups is 1. The lowest BCUT2D eigenvalue weighted by Crippen LogP contribution is -2.33. The number of carbonyl (C=O) groups excluding carboxylic acids is 1. The fourth-order valence-corrected chi connectivity index (χ4v) is 5.28. The van der Waals surface area contributed by atoms with Gasteiger partial charge in [0.2, 0.25) is 0 Å². The van der Waals surface area contributed by atoms with E-state index in [2.05, 4.69) is 44.1 Å². The van der Waals surface area contributed by atoms with Gasteiger partial charge in [-0.3, -0.25) is 0 Å². The number of hydrogen-bond donors (Lipinski definition) is 0. The molecule has 0 radical (unpaired) electrons. The van der Waals surface area contributed by atoms with E-state index in [1.54, 1.807) is 12.1 Å². The van der Waals surface area contributed by atoms with Crippen LogP contribution >= 0.6 is 23.2 Å². The monoisotopic (exact) mass is 427 g/mol. The minimum Gasteiger partial charge on any atom is -0.312 e. The molecule has 2 aromatic rings. The van der Waals surface area contributed by atoms with Crippen molar-refractivity contribution in [2.45, 2.75) is 33.6 Å². The third-order valence-corrected chi connectivity index (χ3v) is 7.44. The van der Waals surface area contributed by atoms with E-state index in [4.69, 9.17) is 28.0 Å². The molecule has 2 aliphatic carbocycles. The third-order valence-electron chi connectivity index (χ3n) is 6.89. The number of nitrogens with zero attached hydrogens (tertiary/aromatic N) is 1. The van der Waals surface area contributed by atoms with E-state index in [1.807, 2.05) is 18.2 Å². The van der Waals surface area contributed by atoms with Crippen molar-refractivity contribution < 1.29 is 9.63 Å². The number of rotatable bonds is 3. The minimum absolute atomic E-state index is 0.0385. The Labute approximate surface area is 181 Å². The van der Waals surface area contributed by atoms with Crippen LogP contribution in [0.5, 0.6) is 0 Å². The molecular weight excluding hydrogens is 405 g/mol. The first-order valence-corrected chi connectivity index (χ1v) is 10.5. The van der Waals surface area contributed by atoms with Gasteiger partial charge >= 0.3 is 5.97 Å². The summed E-state index contributed by atoms with van der Waals surface area (Å²) in [6, 6.07) is 14.9. The van der Waals surface area contributed by atoms with Gasteiger partial charge in [0.15, 0.2) is 0 Å². The molecule has 0 saturated heterocycles. The standard InChI is InChI=1S/C24H23Cl2NO2/c1-23(2)19-11-12-24(23,3)21(18(19)13-15-7-5-4-6-8-15)27-29-22(28)17-10-9-16(25)14-20(17)26/h4-10,13-14,19H,11-12H2,1-3H3/b18-13+,27-21-. The fraction of sp³-hybridized carbons (Fsp3) is 0.333.